The summed E-state index contributed by atoms with van der Waals surface area (Å²) >= 11 is 4.08. The van der Waals surface area contributed by atoms with Gasteiger partial charge in [0.25, 0.3) is 0 Å². The molecule has 27 heavy (non-hydrogen) atoms. The Kier molecular flexibility index (Phi) is 9.48. The zero-order valence-corrected chi connectivity index (χ0v) is 16.7. The molecular formula is C18H28N2O6S. The molecule has 2 N–H and O–H groups in total. The van der Waals surface area contributed by atoms with Crippen LogP contribution in [0.3, 0.4) is 0 Å². The number of thiol groups is 1. The van der Waals surface area contributed by atoms with Crippen molar-refractivity contribution >= 4 is 42.2 Å². The van der Waals surface area contributed by atoms with Crippen molar-refractivity contribution in [2.75, 3.05) is 6.54 Å². The molecular weight excluding hydrogens is 372 g/mol. The Hall–Kier alpha value is -1.90. The molecule has 0 radical (unpaired) electrons. The Morgan fingerprint density at radius 2 is 1.59 bits per heavy atom. The first kappa shape index (κ1) is 23.1. The van der Waals surface area contributed by atoms with Gasteiger partial charge in [0.2, 0.25) is 23.6 Å². The average molecular weight is 400 g/mol. The molecule has 1 aliphatic carbocycles. The monoisotopic (exact) mass is 400 g/mol. The van der Waals surface area contributed by atoms with Gasteiger partial charge in [-0.3, -0.25) is 34.2 Å². The molecule has 2 heterocycles. The lowest BCUT2D eigenvalue weighted by Gasteiger charge is -2.28. The molecule has 3 aliphatic rings. The first-order valence-electron chi connectivity index (χ1n) is 9.35. The van der Waals surface area contributed by atoms with E-state index in [0.717, 1.165) is 12.8 Å². The second-order valence-electron chi connectivity index (χ2n) is 6.59. The molecule has 2 aliphatic heterocycles. The molecule has 1 saturated carbocycles. The number of nitrogens with one attached hydrogen (secondary N) is 1. The van der Waals surface area contributed by atoms with Crippen molar-refractivity contribution in [3.05, 3.63) is 0 Å². The Bertz CT molecular complexity index is 572. The van der Waals surface area contributed by atoms with E-state index in [0.29, 0.717) is 32.2 Å². The smallest absolute Gasteiger partial charge is 0.306 e. The molecule has 0 aromatic rings. The van der Waals surface area contributed by atoms with Crippen LogP contribution in [0, 0.1) is 11.8 Å². The molecule has 0 aromatic heterocycles. The summed E-state index contributed by atoms with van der Waals surface area (Å²) in [5.41, 5.74) is 0. The average Bonchev–Trinajstić information content (AvgIpc) is 3.14. The summed E-state index contributed by atoms with van der Waals surface area (Å²) in [5, 5.41) is 10.5. The number of likely N-dealkylation sites (tertiary alicyclic amines) is 1. The molecule has 3 rings (SSSR count). The van der Waals surface area contributed by atoms with Gasteiger partial charge in [0.1, 0.15) is 0 Å². The maximum atomic E-state index is 11.7. The molecule has 0 aromatic carbocycles. The van der Waals surface area contributed by atoms with Crippen LogP contribution >= 0.6 is 12.6 Å². The van der Waals surface area contributed by atoms with Crippen LogP contribution in [-0.4, -0.2) is 51.4 Å². The predicted molar refractivity (Wildman–Crippen MR) is 101 cm³/mol. The first-order valence-corrected chi connectivity index (χ1v) is 9.87. The van der Waals surface area contributed by atoms with Crippen LogP contribution < -0.4 is 5.32 Å². The molecule has 8 nitrogen and oxygen atoms in total. The zero-order valence-electron chi connectivity index (χ0n) is 15.8. The fourth-order valence-electron chi connectivity index (χ4n) is 3.22. The summed E-state index contributed by atoms with van der Waals surface area (Å²) in [6, 6.07) is 0. The van der Waals surface area contributed by atoms with Crippen molar-refractivity contribution in [1.82, 2.24) is 10.2 Å². The highest BCUT2D eigenvalue weighted by Crippen LogP contribution is 2.31. The minimum absolute atomic E-state index is 0.148. The molecule has 0 spiro atoms. The van der Waals surface area contributed by atoms with Gasteiger partial charge >= 0.3 is 5.97 Å². The van der Waals surface area contributed by atoms with Crippen molar-refractivity contribution < 1.29 is 29.1 Å². The van der Waals surface area contributed by atoms with E-state index in [1.807, 2.05) is 13.8 Å². The number of amides is 4. The highest BCUT2D eigenvalue weighted by molar-refractivity contribution is 7.81. The summed E-state index contributed by atoms with van der Waals surface area (Å²) in [6.45, 7) is 4.43. The number of hydrogen-bond acceptors (Lipinski definition) is 6. The Morgan fingerprint density at radius 1 is 1.07 bits per heavy atom. The van der Waals surface area contributed by atoms with Gasteiger partial charge in [0.05, 0.1) is 11.2 Å². The molecule has 1 atom stereocenters. The topological polar surface area (TPSA) is 121 Å². The standard InChI is InChI=1S/C12H17NO4S.C4H5NO2.C2H6/c14-10-5-9(18)11(15)13(10)6-7-1-3-8(4-2-7)12(16)17;6-3-1-2-4(7)5-3;1-2/h7-9,18H,1-6H2,(H,16,17);1-2H2,(H,5,6,7);1-2H3. The lowest BCUT2D eigenvalue weighted by Crippen LogP contribution is -2.37. The van der Waals surface area contributed by atoms with Crippen LogP contribution in [-0.2, 0) is 24.0 Å². The van der Waals surface area contributed by atoms with E-state index in [4.69, 9.17) is 5.11 Å². The van der Waals surface area contributed by atoms with E-state index in [2.05, 4.69) is 17.9 Å². The molecule has 2 saturated heterocycles. The number of hydrogen-bond donors (Lipinski definition) is 3. The van der Waals surface area contributed by atoms with E-state index < -0.39 is 11.2 Å². The number of carboxylic acid groups (broad SMARTS) is 1. The lowest BCUT2D eigenvalue weighted by molar-refractivity contribution is -0.144. The van der Waals surface area contributed by atoms with Crippen LogP contribution in [0.25, 0.3) is 0 Å². The number of carbonyl (C=O) groups excluding carboxylic acids is 4. The SMILES string of the molecule is CC.O=C(O)C1CCC(CN2C(=O)CC(S)C2=O)CC1.O=C1CCC(=O)N1. The summed E-state index contributed by atoms with van der Waals surface area (Å²) in [6.07, 6.45) is 3.75. The number of imide groups is 2. The largest absolute Gasteiger partial charge is 0.481 e. The molecule has 0 bridgehead atoms. The van der Waals surface area contributed by atoms with Gasteiger partial charge in [-0.25, -0.2) is 0 Å². The fraction of sp³-hybridized carbons (Fsp3) is 0.722. The van der Waals surface area contributed by atoms with Crippen molar-refractivity contribution in [3.8, 4) is 0 Å². The molecule has 4 amide bonds. The van der Waals surface area contributed by atoms with Gasteiger partial charge in [0, 0.05) is 25.8 Å². The van der Waals surface area contributed by atoms with Crippen molar-refractivity contribution in [2.24, 2.45) is 11.8 Å². The summed E-state index contributed by atoms with van der Waals surface area (Å²) in [4.78, 5) is 55.7. The number of aliphatic carboxylic acids is 1. The summed E-state index contributed by atoms with van der Waals surface area (Å²) in [7, 11) is 0. The number of rotatable bonds is 3. The minimum atomic E-state index is -0.739. The third-order valence-corrected chi connectivity index (χ3v) is 5.12. The molecule has 9 heteroatoms. The summed E-state index contributed by atoms with van der Waals surface area (Å²) < 4.78 is 0. The Morgan fingerprint density at radius 3 is 1.93 bits per heavy atom. The van der Waals surface area contributed by atoms with Gasteiger partial charge < -0.3 is 5.11 Å². The van der Waals surface area contributed by atoms with Gasteiger partial charge in [-0.15, -0.1) is 0 Å². The number of carbonyl (C=O) groups is 5. The molecule has 152 valence electrons. The quantitative estimate of drug-likeness (QED) is 0.486. The minimum Gasteiger partial charge on any atom is -0.481 e. The van der Waals surface area contributed by atoms with Crippen LogP contribution in [0.5, 0.6) is 0 Å². The van der Waals surface area contributed by atoms with Crippen molar-refractivity contribution in [1.29, 1.82) is 0 Å². The maximum Gasteiger partial charge on any atom is 0.306 e. The van der Waals surface area contributed by atoms with E-state index in [-0.39, 0.29) is 41.9 Å². The normalized spacial score (nSPS) is 27.4. The highest BCUT2D eigenvalue weighted by atomic mass is 32.1. The zero-order chi connectivity index (χ0) is 20.6. The van der Waals surface area contributed by atoms with Gasteiger partial charge in [-0.2, -0.15) is 12.6 Å². The molecule has 3 fully saturated rings. The lowest BCUT2D eigenvalue weighted by atomic mass is 9.82. The maximum absolute atomic E-state index is 11.7. The van der Waals surface area contributed by atoms with Crippen LogP contribution in [0.1, 0.15) is 58.8 Å². The molecule has 1 unspecified atom stereocenters. The van der Waals surface area contributed by atoms with Crippen LogP contribution in [0.4, 0.5) is 0 Å². The third kappa shape index (κ3) is 6.97. The summed E-state index contributed by atoms with van der Waals surface area (Å²) in [5.74, 6) is -1.41. The fourth-order valence-corrected chi connectivity index (χ4v) is 3.51. The van der Waals surface area contributed by atoms with Crippen LogP contribution in [0.15, 0.2) is 0 Å². The Labute approximate surface area is 164 Å². The van der Waals surface area contributed by atoms with E-state index >= 15 is 0 Å². The number of nitrogens with zero attached hydrogens (tertiary/aromatic N) is 1. The van der Waals surface area contributed by atoms with Gasteiger partial charge in [-0.1, -0.05) is 13.8 Å². The third-order valence-electron chi connectivity index (χ3n) is 4.71. The highest BCUT2D eigenvalue weighted by Gasteiger charge is 2.38. The van der Waals surface area contributed by atoms with Crippen molar-refractivity contribution in [3.63, 3.8) is 0 Å². The predicted octanol–water partition coefficient (Wildman–Crippen LogP) is 1.38. The van der Waals surface area contributed by atoms with Gasteiger partial charge in [0.15, 0.2) is 0 Å². The van der Waals surface area contributed by atoms with E-state index in [9.17, 15) is 24.0 Å². The van der Waals surface area contributed by atoms with Crippen molar-refractivity contribution in [2.45, 2.75) is 64.0 Å². The second kappa shape index (κ2) is 11.1. The first-order chi connectivity index (χ1) is 12.8. The van der Waals surface area contributed by atoms with Crippen LogP contribution in [0.2, 0.25) is 0 Å². The van der Waals surface area contributed by atoms with E-state index in [1.165, 1.54) is 4.90 Å². The number of carboxylic acids is 1. The Balaban J connectivity index is 0.000000338. The van der Waals surface area contributed by atoms with Gasteiger partial charge in [-0.05, 0) is 31.6 Å². The second-order valence-corrected chi connectivity index (χ2v) is 7.21. The van der Waals surface area contributed by atoms with E-state index in [1.54, 1.807) is 0 Å².